The molecule has 1 rings (SSSR count). The maximum Gasteiger partial charge on any atom is 0.326 e. The molecule has 0 aliphatic rings. The van der Waals surface area contributed by atoms with Gasteiger partial charge in [0.2, 0.25) is 29.5 Å². The van der Waals surface area contributed by atoms with E-state index in [-0.39, 0.29) is 25.2 Å². The highest BCUT2D eigenvalue weighted by Gasteiger charge is 2.31. The lowest BCUT2D eigenvalue weighted by atomic mass is 10.0. The minimum atomic E-state index is -1.46. The highest BCUT2D eigenvalue weighted by atomic mass is 16.4. The fourth-order valence-electron chi connectivity index (χ4n) is 3.22. The summed E-state index contributed by atoms with van der Waals surface area (Å²) in [6.07, 6.45) is 1.79. The Balaban J connectivity index is 3.07. The van der Waals surface area contributed by atoms with Crippen LogP contribution in [-0.2, 0) is 35.2 Å². The molecule has 1 heterocycles. The summed E-state index contributed by atoms with van der Waals surface area (Å²) in [6, 6.07) is -5.18. The van der Waals surface area contributed by atoms with E-state index in [1.165, 1.54) is 12.5 Å². The number of nitrogens with zero attached hydrogens (tertiary/aromatic N) is 1. The first-order valence-electron chi connectivity index (χ1n) is 11.2. The number of amides is 5. The van der Waals surface area contributed by atoms with Crippen molar-refractivity contribution in [2.75, 3.05) is 0 Å². The molecule has 0 aliphatic carbocycles. The molecular formula is C21H34N8O7. The quantitative estimate of drug-likeness (QED) is 0.112. The molecule has 200 valence electrons. The van der Waals surface area contributed by atoms with Crippen molar-refractivity contribution in [2.24, 2.45) is 23.1 Å². The van der Waals surface area contributed by atoms with Crippen LogP contribution in [0.2, 0.25) is 0 Å². The molecule has 15 heteroatoms. The second kappa shape index (κ2) is 14.4. The predicted octanol–water partition coefficient (Wildman–Crippen LogP) is -2.99. The number of carbonyl (C=O) groups is 6. The Bertz CT molecular complexity index is 935. The largest absolute Gasteiger partial charge is 0.480 e. The molecular weight excluding hydrogens is 476 g/mol. The van der Waals surface area contributed by atoms with Crippen molar-refractivity contribution in [2.45, 2.75) is 70.1 Å². The summed E-state index contributed by atoms with van der Waals surface area (Å²) in [7, 11) is 0. The van der Waals surface area contributed by atoms with E-state index in [1.807, 2.05) is 13.8 Å². The summed E-state index contributed by atoms with van der Waals surface area (Å²) < 4.78 is 0. The van der Waals surface area contributed by atoms with Gasteiger partial charge in [0.1, 0.15) is 18.1 Å². The Morgan fingerprint density at radius 3 is 2.03 bits per heavy atom. The number of aliphatic carboxylic acids is 1. The van der Waals surface area contributed by atoms with Crippen molar-refractivity contribution < 1.29 is 33.9 Å². The highest BCUT2D eigenvalue weighted by molar-refractivity contribution is 5.96. The number of rotatable bonds is 16. The Morgan fingerprint density at radius 1 is 0.944 bits per heavy atom. The molecule has 0 aliphatic heterocycles. The zero-order valence-corrected chi connectivity index (χ0v) is 20.2. The van der Waals surface area contributed by atoms with Crippen molar-refractivity contribution in [1.82, 2.24) is 25.9 Å². The van der Waals surface area contributed by atoms with Gasteiger partial charge in [-0.15, -0.1) is 0 Å². The van der Waals surface area contributed by atoms with Crippen molar-refractivity contribution in [1.29, 1.82) is 0 Å². The number of carbonyl (C=O) groups excluding carboxylic acids is 5. The van der Waals surface area contributed by atoms with Crippen molar-refractivity contribution in [3.05, 3.63) is 18.2 Å². The monoisotopic (exact) mass is 510 g/mol. The smallest absolute Gasteiger partial charge is 0.326 e. The van der Waals surface area contributed by atoms with E-state index in [0.29, 0.717) is 12.1 Å². The van der Waals surface area contributed by atoms with Crippen LogP contribution in [0.1, 0.15) is 45.2 Å². The van der Waals surface area contributed by atoms with Crippen molar-refractivity contribution in [3.63, 3.8) is 0 Å². The molecule has 0 saturated carbocycles. The predicted molar refractivity (Wildman–Crippen MR) is 125 cm³/mol. The van der Waals surface area contributed by atoms with E-state index in [2.05, 4.69) is 25.9 Å². The summed E-state index contributed by atoms with van der Waals surface area (Å²) in [5.41, 5.74) is 16.5. The van der Waals surface area contributed by atoms with Crippen LogP contribution in [0, 0.1) is 5.92 Å². The summed E-state index contributed by atoms with van der Waals surface area (Å²) in [5.74, 6) is -5.45. The maximum atomic E-state index is 13.0. The first-order chi connectivity index (χ1) is 16.8. The van der Waals surface area contributed by atoms with Crippen LogP contribution >= 0.6 is 0 Å². The van der Waals surface area contributed by atoms with Gasteiger partial charge in [-0.3, -0.25) is 24.0 Å². The molecule has 0 bridgehead atoms. The summed E-state index contributed by atoms with van der Waals surface area (Å²) in [4.78, 5) is 79.0. The van der Waals surface area contributed by atoms with Crippen LogP contribution < -0.4 is 33.2 Å². The number of aromatic amines is 1. The number of hydrogen-bond donors (Lipinski definition) is 8. The molecule has 0 saturated heterocycles. The van der Waals surface area contributed by atoms with E-state index in [0.717, 1.165) is 0 Å². The molecule has 0 fully saturated rings. The SMILES string of the molecule is CC(C)CC(N)C(=O)NC(CC(N)=O)C(=O)NC(Cc1cnc[nH]1)C(=O)NC(CCC(N)=O)C(=O)O. The van der Waals surface area contributed by atoms with E-state index < -0.39 is 66.1 Å². The van der Waals surface area contributed by atoms with Crippen LogP contribution in [0.15, 0.2) is 12.5 Å². The zero-order chi connectivity index (χ0) is 27.4. The zero-order valence-electron chi connectivity index (χ0n) is 20.2. The maximum absolute atomic E-state index is 13.0. The molecule has 1 aromatic heterocycles. The van der Waals surface area contributed by atoms with Crippen LogP contribution in [0.25, 0.3) is 0 Å². The summed E-state index contributed by atoms with van der Waals surface area (Å²) in [6.45, 7) is 3.71. The third-order valence-electron chi connectivity index (χ3n) is 5.01. The Kier molecular flexibility index (Phi) is 12.0. The molecule has 0 spiro atoms. The van der Waals surface area contributed by atoms with Crippen LogP contribution in [0.4, 0.5) is 0 Å². The topological polar surface area (TPSA) is 265 Å². The van der Waals surface area contributed by atoms with Crippen molar-refractivity contribution in [3.8, 4) is 0 Å². The lowest BCUT2D eigenvalue weighted by molar-refractivity contribution is -0.142. The lowest BCUT2D eigenvalue weighted by Crippen LogP contribution is -2.58. The molecule has 1 aromatic rings. The van der Waals surface area contributed by atoms with E-state index >= 15 is 0 Å². The fourth-order valence-corrected chi connectivity index (χ4v) is 3.22. The molecule has 5 amide bonds. The number of primary amides is 2. The first-order valence-corrected chi connectivity index (χ1v) is 11.2. The van der Waals surface area contributed by atoms with Gasteiger partial charge in [-0.1, -0.05) is 13.8 Å². The Hall–Kier alpha value is -4.01. The van der Waals surface area contributed by atoms with Crippen LogP contribution in [0.5, 0.6) is 0 Å². The molecule has 15 nitrogen and oxygen atoms in total. The third kappa shape index (κ3) is 10.9. The summed E-state index contributed by atoms with van der Waals surface area (Å²) >= 11 is 0. The second-order valence-electron chi connectivity index (χ2n) is 8.71. The molecule has 4 atom stereocenters. The Morgan fingerprint density at radius 2 is 1.53 bits per heavy atom. The molecule has 0 aromatic carbocycles. The summed E-state index contributed by atoms with van der Waals surface area (Å²) in [5, 5.41) is 16.4. The Labute approximate surface area is 207 Å². The van der Waals surface area contributed by atoms with Gasteiger partial charge in [0.25, 0.3) is 0 Å². The van der Waals surface area contributed by atoms with Gasteiger partial charge in [-0.25, -0.2) is 9.78 Å². The van der Waals surface area contributed by atoms with E-state index in [9.17, 15) is 33.9 Å². The number of hydrogen-bond acceptors (Lipinski definition) is 8. The van der Waals surface area contributed by atoms with E-state index in [1.54, 1.807) is 0 Å². The average Bonchev–Trinajstić information content (AvgIpc) is 3.27. The average molecular weight is 511 g/mol. The third-order valence-corrected chi connectivity index (χ3v) is 5.01. The number of carboxylic acid groups (broad SMARTS) is 1. The second-order valence-corrected chi connectivity index (χ2v) is 8.71. The number of carboxylic acids is 1. The van der Waals surface area contributed by atoms with Gasteiger partial charge in [-0.05, 0) is 18.8 Å². The molecule has 11 N–H and O–H groups in total. The highest BCUT2D eigenvalue weighted by Crippen LogP contribution is 2.06. The van der Waals surface area contributed by atoms with Gasteiger partial charge < -0.3 is 43.2 Å². The van der Waals surface area contributed by atoms with Gasteiger partial charge in [0.05, 0.1) is 18.8 Å². The minimum absolute atomic E-state index is 0.0911. The first kappa shape index (κ1) is 30.0. The fraction of sp³-hybridized carbons (Fsp3) is 0.571. The van der Waals surface area contributed by atoms with Crippen molar-refractivity contribution >= 4 is 35.5 Å². The number of imidazole rings is 1. The van der Waals surface area contributed by atoms with Gasteiger partial charge in [0, 0.05) is 24.7 Å². The van der Waals surface area contributed by atoms with Gasteiger partial charge in [-0.2, -0.15) is 0 Å². The lowest BCUT2D eigenvalue weighted by Gasteiger charge is -2.25. The molecule has 36 heavy (non-hydrogen) atoms. The van der Waals surface area contributed by atoms with Gasteiger partial charge in [0.15, 0.2) is 0 Å². The number of aromatic nitrogens is 2. The molecule has 4 unspecified atom stereocenters. The normalized spacial score (nSPS) is 14.2. The standard InChI is InChI=1S/C21H34N8O7/c1-10(2)5-12(22)18(32)28-15(7-17(24)31)20(34)29-14(6-11-8-25-9-26-11)19(33)27-13(21(35)36)3-4-16(23)30/h8-10,12-15H,3-7,22H2,1-2H3,(H2,23,30)(H2,24,31)(H,25,26)(H,27,33)(H,28,32)(H,29,34)(H,35,36). The number of nitrogens with two attached hydrogens (primary N) is 3. The molecule has 0 radical (unpaired) electrons. The number of H-pyrrole nitrogens is 1. The number of nitrogens with one attached hydrogen (secondary N) is 4. The minimum Gasteiger partial charge on any atom is -0.480 e. The van der Waals surface area contributed by atoms with E-state index in [4.69, 9.17) is 17.2 Å². The van der Waals surface area contributed by atoms with Gasteiger partial charge >= 0.3 is 5.97 Å². The van der Waals surface area contributed by atoms with Crippen LogP contribution in [-0.4, -0.2) is 74.7 Å². The van der Waals surface area contributed by atoms with Crippen LogP contribution in [0.3, 0.4) is 0 Å².